The van der Waals surface area contributed by atoms with Crippen LogP contribution < -0.4 is 10.3 Å². The third-order valence-corrected chi connectivity index (χ3v) is 5.14. The molecule has 146 valence electrons. The van der Waals surface area contributed by atoms with Gasteiger partial charge < -0.3 is 9.30 Å². The third-order valence-electron chi connectivity index (χ3n) is 5.14. The molecule has 5 rings (SSSR count). The Hall–Kier alpha value is -3.55. The maximum absolute atomic E-state index is 15.2. The number of halogens is 1. The molecule has 3 aromatic heterocycles. The Balaban J connectivity index is 1.72. The molecule has 4 aromatic rings. The van der Waals surface area contributed by atoms with Crippen LogP contribution in [0.5, 0.6) is 5.75 Å². The molecule has 0 bridgehead atoms. The first kappa shape index (κ1) is 17.5. The molecule has 1 aliphatic carbocycles. The number of ether oxygens (including phenoxy) is 1. The van der Waals surface area contributed by atoms with Gasteiger partial charge in [-0.05, 0) is 44.9 Å². The van der Waals surface area contributed by atoms with E-state index in [2.05, 4.69) is 15.1 Å². The molecular weight excluding hydrogens is 373 g/mol. The molecule has 0 atom stereocenters. The van der Waals surface area contributed by atoms with Crippen LogP contribution in [0.15, 0.2) is 47.7 Å². The van der Waals surface area contributed by atoms with Crippen molar-refractivity contribution >= 4 is 10.8 Å². The minimum atomic E-state index is -0.439. The number of hydrogen-bond acceptors (Lipinski definition) is 5. The van der Waals surface area contributed by atoms with E-state index in [0.29, 0.717) is 22.2 Å². The SMILES string of the molecule is Cc1c2cnn(-c3ncccn3)c(=O)c2c(C)n1-c1cccc(OC2CC2)c1F. The van der Waals surface area contributed by atoms with Gasteiger partial charge in [0.25, 0.3) is 11.5 Å². The summed E-state index contributed by atoms with van der Waals surface area (Å²) in [6.45, 7) is 3.63. The second-order valence-electron chi connectivity index (χ2n) is 7.11. The monoisotopic (exact) mass is 391 g/mol. The molecule has 8 heteroatoms. The molecule has 1 aliphatic rings. The molecule has 1 aromatic carbocycles. The average molecular weight is 391 g/mol. The summed E-state index contributed by atoms with van der Waals surface area (Å²) in [7, 11) is 0. The minimum Gasteiger partial charge on any atom is -0.487 e. The molecule has 0 spiro atoms. The van der Waals surface area contributed by atoms with E-state index in [0.717, 1.165) is 23.2 Å². The summed E-state index contributed by atoms with van der Waals surface area (Å²) in [4.78, 5) is 21.3. The smallest absolute Gasteiger partial charge is 0.283 e. The first-order valence-electron chi connectivity index (χ1n) is 9.39. The van der Waals surface area contributed by atoms with E-state index < -0.39 is 5.82 Å². The van der Waals surface area contributed by atoms with Crippen LogP contribution >= 0.6 is 0 Å². The van der Waals surface area contributed by atoms with Gasteiger partial charge in [-0.2, -0.15) is 9.78 Å². The van der Waals surface area contributed by atoms with Gasteiger partial charge >= 0.3 is 0 Å². The molecule has 1 saturated carbocycles. The lowest BCUT2D eigenvalue weighted by atomic mass is 10.2. The van der Waals surface area contributed by atoms with Gasteiger partial charge in [0.15, 0.2) is 11.6 Å². The zero-order valence-corrected chi connectivity index (χ0v) is 16.0. The lowest BCUT2D eigenvalue weighted by Crippen LogP contribution is -2.23. The van der Waals surface area contributed by atoms with Crippen molar-refractivity contribution in [2.45, 2.75) is 32.8 Å². The van der Waals surface area contributed by atoms with E-state index in [1.807, 2.05) is 6.92 Å². The number of aryl methyl sites for hydroxylation is 2. The summed E-state index contributed by atoms with van der Waals surface area (Å²) < 4.78 is 23.8. The van der Waals surface area contributed by atoms with Gasteiger partial charge in [0.1, 0.15) is 0 Å². The van der Waals surface area contributed by atoms with Crippen LogP contribution in [-0.2, 0) is 0 Å². The molecule has 7 nitrogen and oxygen atoms in total. The van der Waals surface area contributed by atoms with Crippen molar-refractivity contribution in [3.8, 4) is 17.4 Å². The Labute approximate surface area is 165 Å². The summed E-state index contributed by atoms with van der Waals surface area (Å²) in [5.41, 5.74) is 1.35. The van der Waals surface area contributed by atoms with Crippen LogP contribution in [0.1, 0.15) is 24.2 Å². The molecule has 0 N–H and O–H groups in total. The number of nitrogens with zero attached hydrogens (tertiary/aromatic N) is 5. The molecular formula is C21H18FN5O2. The summed E-state index contributed by atoms with van der Waals surface area (Å²) in [6, 6.07) is 6.74. The molecule has 0 radical (unpaired) electrons. The summed E-state index contributed by atoms with van der Waals surface area (Å²) in [5, 5.41) is 5.34. The normalized spacial score (nSPS) is 13.8. The van der Waals surface area contributed by atoms with Gasteiger partial charge in [0.05, 0.1) is 23.4 Å². The first-order chi connectivity index (χ1) is 14.1. The van der Waals surface area contributed by atoms with Gasteiger partial charge in [-0.15, -0.1) is 0 Å². The Bertz CT molecular complexity index is 1290. The highest BCUT2D eigenvalue weighted by Gasteiger charge is 2.26. The Morgan fingerprint density at radius 3 is 2.59 bits per heavy atom. The average Bonchev–Trinajstić information content (AvgIpc) is 3.51. The van der Waals surface area contributed by atoms with E-state index in [1.165, 1.54) is 0 Å². The highest BCUT2D eigenvalue weighted by Crippen LogP contribution is 2.33. The number of aromatic nitrogens is 5. The molecule has 1 fully saturated rings. The predicted molar refractivity (Wildman–Crippen MR) is 105 cm³/mol. The second kappa shape index (κ2) is 6.51. The lowest BCUT2D eigenvalue weighted by Gasteiger charge is -2.13. The van der Waals surface area contributed by atoms with Crippen molar-refractivity contribution in [2.24, 2.45) is 0 Å². The van der Waals surface area contributed by atoms with E-state index >= 15 is 4.39 Å². The Morgan fingerprint density at radius 1 is 1.10 bits per heavy atom. The zero-order chi connectivity index (χ0) is 20.1. The number of fused-ring (bicyclic) bond motifs is 1. The van der Waals surface area contributed by atoms with Gasteiger partial charge in [0, 0.05) is 29.2 Å². The summed E-state index contributed by atoms with van der Waals surface area (Å²) >= 11 is 0. The van der Waals surface area contributed by atoms with Crippen molar-refractivity contribution in [2.75, 3.05) is 0 Å². The zero-order valence-electron chi connectivity index (χ0n) is 16.0. The number of hydrogen-bond donors (Lipinski definition) is 0. The van der Waals surface area contributed by atoms with E-state index in [4.69, 9.17) is 4.74 Å². The van der Waals surface area contributed by atoms with E-state index in [-0.39, 0.29) is 23.4 Å². The van der Waals surface area contributed by atoms with Gasteiger partial charge in [-0.1, -0.05) is 6.07 Å². The first-order valence-corrected chi connectivity index (χ1v) is 9.39. The standard InChI is InChI=1S/C21H18FN5O2/c1-12-15-11-25-27(21-23-9-4-10-24-21)20(28)18(15)13(2)26(12)16-5-3-6-17(19(16)22)29-14-7-8-14/h3-6,9-11,14H,7-8H2,1-2H3. The van der Waals surface area contributed by atoms with Crippen LogP contribution in [0.4, 0.5) is 4.39 Å². The van der Waals surface area contributed by atoms with Crippen molar-refractivity contribution < 1.29 is 9.13 Å². The summed E-state index contributed by atoms with van der Waals surface area (Å²) in [6.07, 6.45) is 6.67. The third kappa shape index (κ3) is 2.79. The van der Waals surface area contributed by atoms with Crippen LogP contribution in [0.25, 0.3) is 22.4 Å². The maximum Gasteiger partial charge on any atom is 0.283 e. The van der Waals surface area contributed by atoms with Crippen molar-refractivity contribution in [1.29, 1.82) is 0 Å². The molecule has 0 aliphatic heterocycles. The van der Waals surface area contributed by atoms with Gasteiger partial charge in [0.2, 0.25) is 0 Å². The molecule has 0 amide bonds. The fourth-order valence-electron chi connectivity index (χ4n) is 3.59. The predicted octanol–water partition coefficient (Wildman–Crippen LogP) is 3.26. The highest BCUT2D eigenvalue weighted by atomic mass is 19.1. The molecule has 0 saturated heterocycles. The fourth-order valence-corrected chi connectivity index (χ4v) is 3.59. The van der Waals surface area contributed by atoms with Crippen LogP contribution in [0.2, 0.25) is 0 Å². The molecule has 0 unspecified atom stereocenters. The second-order valence-corrected chi connectivity index (χ2v) is 7.11. The quantitative estimate of drug-likeness (QED) is 0.534. The summed E-state index contributed by atoms with van der Waals surface area (Å²) in [5.74, 6) is -0.0180. The molecule has 29 heavy (non-hydrogen) atoms. The highest BCUT2D eigenvalue weighted by molar-refractivity contribution is 5.88. The van der Waals surface area contributed by atoms with Crippen LogP contribution in [0, 0.1) is 19.7 Å². The lowest BCUT2D eigenvalue weighted by molar-refractivity contribution is 0.287. The topological polar surface area (TPSA) is 74.8 Å². The maximum atomic E-state index is 15.2. The molecule has 3 heterocycles. The van der Waals surface area contributed by atoms with Gasteiger partial charge in [-0.3, -0.25) is 4.79 Å². The van der Waals surface area contributed by atoms with Crippen LogP contribution in [0.3, 0.4) is 0 Å². The number of benzene rings is 1. The number of rotatable bonds is 4. The van der Waals surface area contributed by atoms with Crippen LogP contribution in [-0.4, -0.2) is 30.4 Å². The Morgan fingerprint density at radius 2 is 1.86 bits per heavy atom. The van der Waals surface area contributed by atoms with Crippen molar-refractivity contribution in [3.63, 3.8) is 0 Å². The largest absolute Gasteiger partial charge is 0.487 e. The fraction of sp³-hybridized carbons (Fsp3) is 0.238. The van der Waals surface area contributed by atoms with Gasteiger partial charge in [-0.25, -0.2) is 14.4 Å². The van der Waals surface area contributed by atoms with E-state index in [9.17, 15) is 4.79 Å². The van der Waals surface area contributed by atoms with Crippen molar-refractivity contribution in [1.82, 2.24) is 24.3 Å². The van der Waals surface area contributed by atoms with E-state index in [1.54, 1.807) is 54.3 Å². The van der Waals surface area contributed by atoms with Crippen molar-refractivity contribution in [3.05, 3.63) is 70.4 Å². The minimum absolute atomic E-state index is 0.0907. The Kier molecular flexibility index (Phi) is 3.94.